The van der Waals surface area contributed by atoms with Crippen LogP contribution in [0.5, 0.6) is 0 Å². The molecule has 52 heavy (non-hydrogen) atoms. The Kier molecular flexibility index (Phi) is 6.42. The largest absolute Gasteiger partial charge is 0.310 e. The molecule has 0 aliphatic rings. The summed E-state index contributed by atoms with van der Waals surface area (Å²) in [5.41, 5.74) is 10.4. The summed E-state index contributed by atoms with van der Waals surface area (Å²) in [4.78, 5) is 2.41. The van der Waals surface area contributed by atoms with Gasteiger partial charge in [-0.1, -0.05) is 97.1 Å². The first-order chi connectivity index (χ1) is 25.8. The highest BCUT2D eigenvalue weighted by molar-refractivity contribution is 7.25. The van der Waals surface area contributed by atoms with E-state index in [1.54, 1.807) is 0 Å². The molecule has 0 atom stereocenters. The Bertz CT molecular complexity index is 3080. The van der Waals surface area contributed by atoms with Crippen LogP contribution in [-0.4, -0.2) is 9.13 Å². The summed E-state index contributed by atoms with van der Waals surface area (Å²) >= 11 is 1.86. The zero-order valence-corrected chi connectivity index (χ0v) is 29.0. The zero-order valence-electron chi connectivity index (χ0n) is 28.1. The number of nitrogens with zero attached hydrogens (tertiary/aromatic N) is 3. The number of hydrogen-bond acceptors (Lipinski definition) is 2. The van der Waals surface area contributed by atoms with Gasteiger partial charge in [-0.2, -0.15) is 0 Å². The van der Waals surface area contributed by atoms with Crippen LogP contribution in [0.1, 0.15) is 0 Å². The summed E-state index contributed by atoms with van der Waals surface area (Å²) in [5, 5.41) is 7.60. The van der Waals surface area contributed by atoms with Crippen molar-refractivity contribution >= 4 is 92.2 Å². The summed E-state index contributed by atoms with van der Waals surface area (Å²) in [6.07, 6.45) is 0. The van der Waals surface area contributed by atoms with Gasteiger partial charge >= 0.3 is 0 Å². The number of hydrogen-bond donors (Lipinski definition) is 0. The Hall–Kier alpha value is -6.62. The SMILES string of the molecule is c1ccc(-n2c3ccccc3c3ccc(N(c4ccc(-n5c6ccccc6c6ccccc65)cc4)c4ccc5sc6ccccc6c5c4)cc32)cc1. The summed E-state index contributed by atoms with van der Waals surface area (Å²) in [6.45, 7) is 0. The second kappa shape index (κ2) is 11.5. The van der Waals surface area contributed by atoms with E-state index >= 15 is 0 Å². The van der Waals surface area contributed by atoms with Gasteiger partial charge in [-0.25, -0.2) is 0 Å². The lowest BCUT2D eigenvalue weighted by Crippen LogP contribution is -2.10. The first-order valence-corrected chi connectivity index (χ1v) is 18.5. The molecule has 3 aromatic heterocycles. The van der Waals surface area contributed by atoms with Crippen molar-refractivity contribution in [2.24, 2.45) is 0 Å². The van der Waals surface area contributed by atoms with E-state index in [-0.39, 0.29) is 0 Å². The van der Waals surface area contributed by atoms with Gasteiger partial charge < -0.3 is 14.0 Å². The monoisotopic (exact) mass is 681 g/mol. The predicted molar refractivity (Wildman–Crippen MR) is 223 cm³/mol. The van der Waals surface area contributed by atoms with Crippen molar-refractivity contribution in [3.63, 3.8) is 0 Å². The molecule has 0 spiro atoms. The maximum absolute atomic E-state index is 2.41. The number of benzene rings is 8. The van der Waals surface area contributed by atoms with Gasteiger partial charge in [0.25, 0.3) is 0 Å². The normalized spacial score (nSPS) is 11.8. The average Bonchev–Trinajstić information content (AvgIpc) is 3.86. The van der Waals surface area contributed by atoms with Crippen molar-refractivity contribution in [2.75, 3.05) is 4.90 Å². The van der Waals surface area contributed by atoms with Crippen LogP contribution in [-0.2, 0) is 0 Å². The quantitative estimate of drug-likeness (QED) is 0.176. The molecule has 0 unspecified atom stereocenters. The molecule has 4 heteroatoms. The van der Waals surface area contributed by atoms with Crippen LogP contribution in [0.4, 0.5) is 17.1 Å². The Balaban J connectivity index is 1.14. The van der Waals surface area contributed by atoms with Gasteiger partial charge in [-0.05, 0) is 91.0 Å². The fourth-order valence-electron chi connectivity index (χ4n) is 8.21. The molecule has 8 aromatic carbocycles. The third kappa shape index (κ3) is 4.38. The molecule has 3 nitrogen and oxygen atoms in total. The van der Waals surface area contributed by atoms with Crippen LogP contribution >= 0.6 is 11.3 Å². The van der Waals surface area contributed by atoms with Crippen LogP contribution in [0.25, 0.3) is 75.2 Å². The van der Waals surface area contributed by atoms with E-state index in [0.29, 0.717) is 0 Å². The van der Waals surface area contributed by atoms with Gasteiger partial charge in [-0.3, -0.25) is 0 Å². The van der Waals surface area contributed by atoms with E-state index in [1.807, 2.05) is 11.3 Å². The maximum atomic E-state index is 2.41. The van der Waals surface area contributed by atoms with Crippen LogP contribution in [0.2, 0.25) is 0 Å². The molecule has 11 aromatic rings. The lowest BCUT2D eigenvalue weighted by molar-refractivity contribution is 1.17. The second-order valence-electron chi connectivity index (χ2n) is 13.4. The second-order valence-corrected chi connectivity index (χ2v) is 14.5. The van der Waals surface area contributed by atoms with E-state index in [0.717, 1.165) is 28.4 Å². The molecule has 0 saturated heterocycles. The summed E-state index contributed by atoms with van der Waals surface area (Å²) in [6, 6.07) is 68.5. The van der Waals surface area contributed by atoms with Crippen LogP contribution in [0.3, 0.4) is 0 Å². The van der Waals surface area contributed by atoms with Gasteiger partial charge in [0.15, 0.2) is 0 Å². The highest BCUT2D eigenvalue weighted by Crippen LogP contribution is 2.43. The molecule has 0 N–H and O–H groups in total. The van der Waals surface area contributed by atoms with Gasteiger partial charge in [-0.15, -0.1) is 11.3 Å². The minimum atomic E-state index is 1.10. The van der Waals surface area contributed by atoms with Gasteiger partial charge in [0.2, 0.25) is 0 Å². The molecule has 3 heterocycles. The fraction of sp³-hybridized carbons (Fsp3) is 0. The molecule has 0 aliphatic heterocycles. The average molecular weight is 682 g/mol. The Morgan fingerprint density at radius 2 is 0.769 bits per heavy atom. The number of anilines is 3. The Morgan fingerprint density at radius 3 is 1.44 bits per heavy atom. The molecule has 0 fully saturated rings. The fourth-order valence-corrected chi connectivity index (χ4v) is 9.29. The van der Waals surface area contributed by atoms with Gasteiger partial charge in [0.1, 0.15) is 0 Å². The predicted octanol–water partition coefficient (Wildman–Crippen LogP) is 13.7. The lowest BCUT2D eigenvalue weighted by Gasteiger charge is -2.26. The first-order valence-electron chi connectivity index (χ1n) is 17.7. The maximum Gasteiger partial charge on any atom is 0.0561 e. The lowest BCUT2D eigenvalue weighted by atomic mass is 10.1. The third-order valence-corrected chi connectivity index (χ3v) is 11.6. The minimum Gasteiger partial charge on any atom is -0.310 e. The molecular weight excluding hydrogens is 651 g/mol. The molecule has 0 saturated carbocycles. The van der Waals surface area contributed by atoms with Crippen LogP contribution < -0.4 is 4.90 Å². The highest BCUT2D eigenvalue weighted by atomic mass is 32.1. The smallest absolute Gasteiger partial charge is 0.0561 e. The van der Waals surface area contributed by atoms with Crippen molar-refractivity contribution in [3.05, 3.63) is 188 Å². The van der Waals surface area contributed by atoms with Gasteiger partial charge in [0.05, 0.1) is 22.1 Å². The zero-order chi connectivity index (χ0) is 34.2. The number of aromatic nitrogens is 2. The van der Waals surface area contributed by atoms with E-state index in [1.165, 1.54) is 63.8 Å². The van der Waals surface area contributed by atoms with Crippen LogP contribution in [0.15, 0.2) is 188 Å². The molecule has 0 aliphatic carbocycles. The van der Waals surface area contributed by atoms with Crippen molar-refractivity contribution in [2.45, 2.75) is 0 Å². The molecule has 11 rings (SSSR count). The van der Waals surface area contributed by atoms with Crippen LogP contribution in [0, 0.1) is 0 Å². The number of para-hydroxylation sites is 4. The van der Waals surface area contributed by atoms with E-state index in [2.05, 4.69) is 202 Å². The van der Waals surface area contributed by atoms with E-state index in [9.17, 15) is 0 Å². The summed E-state index contributed by atoms with van der Waals surface area (Å²) in [7, 11) is 0. The summed E-state index contributed by atoms with van der Waals surface area (Å²) < 4.78 is 7.39. The van der Waals surface area contributed by atoms with Gasteiger partial charge in [0, 0.05) is 70.2 Å². The Labute approximate surface area is 304 Å². The number of thiophene rings is 1. The van der Waals surface area contributed by atoms with E-state index < -0.39 is 0 Å². The molecule has 244 valence electrons. The summed E-state index contributed by atoms with van der Waals surface area (Å²) in [5.74, 6) is 0. The molecular formula is C48H31N3S. The van der Waals surface area contributed by atoms with Crippen molar-refractivity contribution < 1.29 is 0 Å². The first kappa shape index (κ1) is 29.1. The molecule has 0 bridgehead atoms. The number of fused-ring (bicyclic) bond motifs is 9. The highest BCUT2D eigenvalue weighted by Gasteiger charge is 2.19. The molecule has 0 amide bonds. The number of rotatable bonds is 5. The van der Waals surface area contributed by atoms with Crippen molar-refractivity contribution in [1.29, 1.82) is 0 Å². The Morgan fingerprint density at radius 1 is 0.308 bits per heavy atom. The topological polar surface area (TPSA) is 13.1 Å². The van der Waals surface area contributed by atoms with Crippen molar-refractivity contribution in [3.8, 4) is 11.4 Å². The van der Waals surface area contributed by atoms with Crippen molar-refractivity contribution in [1.82, 2.24) is 9.13 Å². The third-order valence-electron chi connectivity index (χ3n) is 10.5. The molecule has 0 radical (unpaired) electrons. The van der Waals surface area contributed by atoms with E-state index in [4.69, 9.17) is 0 Å². The minimum absolute atomic E-state index is 1.10. The standard InChI is InChI=1S/C48H31N3S/c1-2-12-32(13-3-1)51-45-20-10-6-16-39(45)40-28-26-36(31-46(40)51)49(35-27-29-48-42(30-35)41-17-7-11-21-47(41)52-48)33-22-24-34(25-23-33)50-43-18-8-4-14-37(43)38-15-5-9-19-44(38)50/h1-31H.